The van der Waals surface area contributed by atoms with Gasteiger partial charge in [-0.3, -0.25) is 9.58 Å². The van der Waals surface area contributed by atoms with Crippen molar-refractivity contribution < 1.29 is 0 Å². The fraction of sp³-hybridized carbons (Fsp3) is 0.643. The largest absolute Gasteiger partial charge is 0.372 e. The van der Waals surface area contributed by atoms with Crippen LogP contribution < -0.4 is 5.32 Å². The lowest BCUT2D eigenvalue weighted by molar-refractivity contribution is 0.0981. The molecule has 3 heterocycles. The zero-order chi connectivity index (χ0) is 15.0. The molecule has 1 saturated heterocycles. The van der Waals surface area contributed by atoms with E-state index in [1.54, 1.807) is 4.68 Å². The Bertz CT molecular complexity index is 636. The average Bonchev–Trinajstić information content (AvgIpc) is 2.84. The van der Waals surface area contributed by atoms with Crippen LogP contribution in [0.4, 0.5) is 5.82 Å². The molecule has 0 saturated carbocycles. The monoisotopic (exact) mass is 289 g/mol. The molecule has 3 rings (SSSR count). The van der Waals surface area contributed by atoms with Crippen molar-refractivity contribution >= 4 is 16.9 Å². The van der Waals surface area contributed by atoms with Crippen LogP contribution in [0.2, 0.25) is 0 Å². The Labute approximate surface area is 125 Å². The van der Waals surface area contributed by atoms with E-state index in [0.717, 1.165) is 48.9 Å². The summed E-state index contributed by atoms with van der Waals surface area (Å²) in [5.74, 6) is 1.71. The molecule has 0 bridgehead atoms. The van der Waals surface area contributed by atoms with E-state index in [4.69, 9.17) is 0 Å². The van der Waals surface area contributed by atoms with Crippen LogP contribution >= 0.6 is 0 Å². The molecule has 1 aliphatic heterocycles. The summed E-state index contributed by atoms with van der Waals surface area (Å²) in [5, 5.41) is 8.38. The van der Waals surface area contributed by atoms with Crippen LogP contribution in [-0.4, -0.2) is 69.3 Å². The molecule has 1 unspecified atom stereocenters. The van der Waals surface area contributed by atoms with Crippen molar-refractivity contribution in [3.63, 3.8) is 0 Å². The van der Waals surface area contributed by atoms with Crippen LogP contribution in [0, 0.1) is 0 Å². The molecule has 2 aromatic heterocycles. The van der Waals surface area contributed by atoms with Gasteiger partial charge in [-0.25, -0.2) is 9.97 Å². The van der Waals surface area contributed by atoms with Gasteiger partial charge in [-0.05, 0) is 14.0 Å². The quantitative estimate of drug-likeness (QED) is 0.890. The predicted molar refractivity (Wildman–Crippen MR) is 83.2 cm³/mol. The van der Waals surface area contributed by atoms with Gasteiger partial charge in [-0.15, -0.1) is 0 Å². The van der Waals surface area contributed by atoms with Crippen molar-refractivity contribution in [2.24, 2.45) is 7.05 Å². The summed E-state index contributed by atoms with van der Waals surface area (Å²) in [6.45, 7) is 6.25. The van der Waals surface area contributed by atoms with Crippen molar-refractivity contribution in [2.45, 2.75) is 19.5 Å². The van der Waals surface area contributed by atoms with Crippen LogP contribution in [0.15, 0.2) is 6.20 Å². The Morgan fingerprint density at radius 2 is 2.10 bits per heavy atom. The van der Waals surface area contributed by atoms with Crippen molar-refractivity contribution in [1.29, 1.82) is 0 Å². The summed E-state index contributed by atoms with van der Waals surface area (Å²) in [4.78, 5) is 14.1. The molecule has 1 fully saturated rings. The van der Waals surface area contributed by atoms with Gasteiger partial charge in [0.15, 0.2) is 5.65 Å². The molecule has 1 N–H and O–H groups in total. The number of aromatic nitrogens is 4. The topological polar surface area (TPSA) is 62.1 Å². The maximum absolute atomic E-state index is 4.68. The molecule has 1 aliphatic rings. The highest BCUT2D eigenvalue weighted by atomic mass is 15.3. The van der Waals surface area contributed by atoms with E-state index in [1.165, 1.54) is 0 Å². The van der Waals surface area contributed by atoms with Crippen molar-refractivity contribution in [3.05, 3.63) is 12.0 Å². The number of hydrogen-bond acceptors (Lipinski definition) is 6. The van der Waals surface area contributed by atoms with E-state index in [2.05, 4.69) is 44.2 Å². The molecule has 7 nitrogen and oxygen atoms in total. The maximum atomic E-state index is 4.68. The second kappa shape index (κ2) is 5.57. The van der Waals surface area contributed by atoms with Gasteiger partial charge in [0.25, 0.3) is 0 Å². The summed E-state index contributed by atoms with van der Waals surface area (Å²) in [6, 6.07) is 0.572. The molecule has 0 amide bonds. The van der Waals surface area contributed by atoms with Gasteiger partial charge in [-0.1, -0.05) is 0 Å². The normalized spacial score (nSPS) is 21.0. The lowest BCUT2D eigenvalue weighted by atomic mass is 10.2. The number of nitrogens with zero attached hydrogens (tertiary/aromatic N) is 6. The first-order chi connectivity index (χ1) is 10.1. The van der Waals surface area contributed by atoms with Gasteiger partial charge in [0.1, 0.15) is 11.6 Å². The zero-order valence-electron chi connectivity index (χ0n) is 13.2. The summed E-state index contributed by atoms with van der Waals surface area (Å²) >= 11 is 0. The molecule has 0 spiro atoms. The van der Waals surface area contributed by atoms with E-state index in [1.807, 2.05) is 20.3 Å². The van der Waals surface area contributed by atoms with E-state index in [9.17, 15) is 0 Å². The molecule has 114 valence electrons. The fourth-order valence-electron chi connectivity index (χ4n) is 2.80. The van der Waals surface area contributed by atoms with Crippen molar-refractivity contribution in [1.82, 2.24) is 29.5 Å². The number of hydrogen-bond donors (Lipinski definition) is 1. The standard InChI is InChI=1S/C14H23N7/c1-10-8-21(6-5-19(10)3)9-12-17-13(15-2)11-7-16-20(4)14(11)18-12/h7,10H,5-6,8-9H2,1-4H3,(H,15,17,18). The summed E-state index contributed by atoms with van der Waals surface area (Å²) in [6.07, 6.45) is 1.81. The first-order valence-electron chi connectivity index (χ1n) is 7.37. The Morgan fingerprint density at radius 1 is 1.29 bits per heavy atom. The van der Waals surface area contributed by atoms with Crippen LogP contribution in [0.3, 0.4) is 0 Å². The van der Waals surface area contributed by atoms with E-state index < -0.39 is 0 Å². The average molecular weight is 289 g/mol. The van der Waals surface area contributed by atoms with Crippen LogP contribution in [0.5, 0.6) is 0 Å². The van der Waals surface area contributed by atoms with E-state index in [-0.39, 0.29) is 0 Å². The Hall–Kier alpha value is -1.73. The summed E-state index contributed by atoms with van der Waals surface area (Å²) in [7, 11) is 5.98. The first-order valence-corrected chi connectivity index (χ1v) is 7.37. The van der Waals surface area contributed by atoms with Gasteiger partial charge >= 0.3 is 0 Å². The highest BCUT2D eigenvalue weighted by Gasteiger charge is 2.22. The first kappa shape index (κ1) is 14.2. The highest BCUT2D eigenvalue weighted by Crippen LogP contribution is 2.20. The zero-order valence-corrected chi connectivity index (χ0v) is 13.2. The lowest BCUT2D eigenvalue weighted by Crippen LogP contribution is -2.49. The third-order valence-electron chi connectivity index (χ3n) is 4.28. The number of aryl methyl sites for hydroxylation is 1. The van der Waals surface area contributed by atoms with Gasteiger partial charge in [0, 0.05) is 39.8 Å². The van der Waals surface area contributed by atoms with Gasteiger partial charge in [0.2, 0.25) is 0 Å². The molecule has 1 atom stereocenters. The van der Waals surface area contributed by atoms with Crippen molar-refractivity contribution in [2.75, 3.05) is 39.0 Å². The molecule has 7 heteroatoms. The molecule has 21 heavy (non-hydrogen) atoms. The Kier molecular flexibility index (Phi) is 3.77. The lowest BCUT2D eigenvalue weighted by Gasteiger charge is -2.37. The number of fused-ring (bicyclic) bond motifs is 1. The molecular formula is C14H23N7. The third-order valence-corrected chi connectivity index (χ3v) is 4.28. The SMILES string of the molecule is CNc1nc(CN2CCN(C)C(C)C2)nc2c1cnn2C. The number of nitrogens with one attached hydrogen (secondary N) is 1. The smallest absolute Gasteiger partial charge is 0.163 e. The second-order valence-electron chi connectivity index (χ2n) is 5.81. The van der Waals surface area contributed by atoms with Crippen molar-refractivity contribution in [3.8, 4) is 0 Å². The highest BCUT2D eigenvalue weighted by molar-refractivity contribution is 5.86. The van der Waals surface area contributed by atoms with Crippen LogP contribution in [0.25, 0.3) is 11.0 Å². The molecule has 0 aliphatic carbocycles. The van der Waals surface area contributed by atoms with Crippen LogP contribution in [-0.2, 0) is 13.6 Å². The minimum Gasteiger partial charge on any atom is -0.372 e. The van der Waals surface area contributed by atoms with Crippen LogP contribution in [0.1, 0.15) is 12.7 Å². The third kappa shape index (κ3) is 2.71. The number of anilines is 1. The fourth-order valence-corrected chi connectivity index (χ4v) is 2.80. The van der Waals surface area contributed by atoms with Gasteiger partial charge < -0.3 is 10.2 Å². The Balaban J connectivity index is 1.85. The minimum absolute atomic E-state index is 0.572. The Morgan fingerprint density at radius 3 is 2.81 bits per heavy atom. The van der Waals surface area contributed by atoms with Gasteiger partial charge in [0.05, 0.1) is 18.1 Å². The summed E-state index contributed by atoms with van der Waals surface area (Å²) < 4.78 is 1.80. The maximum Gasteiger partial charge on any atom is 0.163 e. The number of likely N-dealkylation sites (N-methyl/N-ethyl adjacent to an activating group) is 1. The summed E-state index contributed by atoms with van der Waals surface area (Å²) in [5.41, 5.74) is 0.881. The predicted octanol–water partition coefficient (Wildman–Crippen LogP) is 0.541. The molecular weight excluding hydrogens is 266 g/mol. The molecule has 0 radical (unpaired) electrons. The second-order valence-corrected chi connectivity index (χ2v) is 5.81. The molecule has 0 aromatic carbocycles. The van der Waals surface area contributed by atoms with E-state index in [0.29, 0.717) is 6.04 Å². The van der Waals surface area contributed by atoms with E-state index >= 15 is 0 Å². The minimum atomic E-state index is 0.572. The number of rotatable bonds is 3. The molecule has 2 aromatic rings. The van der Waals surface area contributed by atoms with Gasteiger partial charge in [-0.2, -0.15) is 5.10 Å². The number of piperazine rings is 1.